The minimum atomic E-state index is -0.0522. The van der Waals surface area contributed by atoms with Gasteiger partial charge in [0.25, 0.3) is 0 Å². The summed E-state index contributed by atoms with van der Waals surface area (Å²) < 4.78 is 1.95. The summed E-state index contributed by atoms with van der Waals surface area (Å²) in [7, 11) is 0. The Morgan fingerprint density at radius 2 is 2.26 bits per heavy atom. The molecule has 1 aliphatic heterocycles. The summed E-state index contributed by atoms with van der Waals surface area (Å²) in [6.45, 7) is 6.44. The Bertz CT molecular complexity index is 422. The van der Waals surface area contributed by atoms with Crippen molar-refractivity contribution in [2.75, 3.05) is 25.4 Å². The molecule has 1 atom stereocenters. The molecule has 3 N–H and O–H groups in total. The second-order valence-electron chi connectivity index (χ2n) is 5.06. The number of hydrogen-bond acceptors (Lipinski definition) is 4. The van der Waals surface area contributed by atoms with Gasteiger partial charge in [-0.15, -0.1) is 0 Å². The first kappa shape index (κ1) is 13.9. The summed E-state index contributed by atoms with van der Waals surface area (Å²) in [6, 6.07) is 2.17. The molecule has 2 heterocycles. The van der Waals surface area contributed by atoms with Crippen LogP contribution in [-0.4, -0.2) is 46.3 Å². The van der Waals surface area contributed by atoms with Gasteiger partial charge in [0.2, 0.25) is 5.91 Å². The molecule has 1 amide bonds. The highest BCUT2D eigenvalue weighted by Crippen LogP contribution is 2.23. The van der Waals surface area contributed by atoms with Gasteiger partial charge in [-0.05, 0) is 32.8 Å². The number of amides is 1. The molecular formula is C13H23N5O. The number of carbonyl (C=O) groups excluding carboxylic acids is 1. The monoisotopic (exact) mass is 265 g/mol. The third-order valence-electron chi connectivity index (χ3n) is 3.78. The number of nitrogen functional groups attached to an aromatic ring is 1. The SMILES string of the molecule is CCNC(=O)C(C)N1CCC(n2ccc(N)n2)CC1. The third kappa shape index (κ3) is 3.26. The number of nitrogens with two attached hydrogens (primary N) is 1. The zero-order valence-electron chi connectivity index (χ0n) is 11.7. The normalized spacial score (nSPS) is 19.3. The number of nitrogens with one attached hydrogen (secondary N) is 1. The van der Waals surface area contributed by atoms with Crippen LogP contribution in [0.2, 0.25) is 0 Å². The van der Waals surface area contributed by atoms with E-state index < -0.39 is 0 Å². The zero-order valence-corrected chi connectivity index (χ0v) is 11.7. The number of likely N-dealkylation sites (tertiary alicyclic amines) is 1. The van der Waals surface area contributed by atoms with Crippen LogP contribution >= 0.6 is 0 Å². The maximum atomic E-state index is 11.8. The molecule has 6 heteroatoms. The molecule has 0 radical (unpaired) electrons. The minimum Gasteiger partial charge on any atom is -0.382 e. The minimum absolute atomic E-state index is 0.0522. The molecule has 0 spiro atoms. The number of carbonyl (C=O) groups is 1. The van der Waals surface area contributed by atoms with E-state index in [4.69, 9.17) is 5.73 Å². The smallest absolute Gasteiger partial charge is 0.237 e. The van der Waals surface area contributed by atoms with Gasteiger partial charge in [-0.25, -0.2) is 0 Å². The van der Waals surface area contributed by atoms with Crippen LogP contribution in [0.25, 0.3) is 0 Å². The molecule has 0 aliphatic carbocycles. The molecule has 0 bridgehead atoms. The largest absolute Gasteiger partial charge is 0.382 e. The highest BCUT2D eigenvalue weighted by molar-refractivity contribution is 5.81. The number of nitrogens with zero attached hydrogens (tertiary/aromatic N) is 3. The van der Waals surface area contributed by atoms with Crippen molar-refractivity contribution in [3.8, 4) is 0 Å². The van der Waals surface area contributed by atoms with Crippen LogP contribution in [-0.2, 0) is 4.79 Å². The second kappa shape index (κ2) is 6.06. The van der Waals surface area contributed by atoms with E-state index in [0.717, 1.165) is 25.9 Å². The van der Waals surface area contributed by atoms with E-state index >= 15 is 0 Å². The lowest BCUT2D eigenvalue weighted by molar-refractivity contribution is -0.126. The number of aromatic nitrogens is 2. The highest BCUT2D eigenvalue weighted by atomic mass is 16.2. The lowest BCUT2D eigenvalue weighted by Gasteiger charge is -2.35. The van der Waals surface area contributed by atoms with Gasteiger partial charge in [-0.1, -0.05) is 0 Å². The van der Waals surface area contributed by atoms with Gasteiger partial charge in [-0.3, -0.25) is 14.4 Å². The Morgan fingerprint density at radius 3 is 2.79 bits per heavy atom. The van der Waals surface area contributed by atoms with Crippen molar-refractivity contribution in [3.05, 3.63) is 12.3 Å². The summed E-state index contributed by atoms with van der Waals surface area (Å²) in [5.41, 5.74) is 5.64. The molecule has 0 saturated carbocycles. The zero-order chi connectivity index (χ0) is 13.8. The van der Waals surface area contributed by atoms with E-state index in [1.54, 1.807) is 0 Å². The van der Waals surface area contributed by atoms with Crippen molar-refractivity contribution in [2.45, 2.75) is 38.8 Å². The van der Waals surface area contributed by atoms with Gasteiger partial charge >= 0.3 is 0 Å². The molecule has 1 saturated heterocycles. The number of hydrogen-bond donors (Lipinski definition) is 2. The van der Waals surface area contributed by atoms with Crippen molar-refractivity contribution in [2.24, 2.45) is 0 Å². The Labute approximate surface area is 113 Å². The lowest BCUT2D eigenvalue weighted by Crippen LogP contribution is -2.48. The molecule has 0 aromatic carbocycles. The topological polar surface area (TPSA) is 76.2 Å². The Morgan fingerprint density at radius 1 is 1.58 bits per heavy atom. The van der Waals surface area contributed by atoms with Gasteiger partial charge in [-0.2, -0.15) is 5.10 Å². The molecule has 106 valence electrons. The number of anilines is 1. The summed E-state index contributed by atoms with van der Waals surface area (Å²) in [6.07, 6.45) is 3.94. The van der Waals surface area contributed by atoms with E-state index in [2.05, 4.69) is 15.3 Å². The Hall–Kier alpha value is -1.56. The molecule has 2 rings (SSSR count). The van der Waals surface area contributed by atoms with Gasteiger partial charge < -0.3 is 11.1 Å². The van der Waals surface area contributed by atoms with Gasteiger partial charge in [0, 0.05) is 25.8 Å². The van der Waals surface area contributed by atoms with E-state index in [9.17, 15) is 4.79 Å². The number of rotatable bonds is 4. The van der Waals surface area contributed by atoms with Crippen molar-refractivity contribution in [1.29, 1.82) is 0 Å². The van der Waals surface area contributed by atoms with Gasteiger partial charge in [0.05, 0.1) is 12.1 Å². The molecule has 1 fully saturated rings. The van der Waals surface area contributed by atoms with Crippen molar-refractivity contribution >= 4 is 11.7 Å². The van der Waals surface area contributed by atoms with Crippen molar-refractivity contribution in [3.63, 3.8) is 0 Å². The average molecular weight is 265 g/mol. The van der Waals surface area contributed by atoms with Crippen LogP contribution in [0.1, 0.15) is 32.7 Å². The first-order chi connectivity index (χ1) is 9.11. The van der Waals surface area contributed by atoms with Crippen LogP contribution in [0.3, 0.4) is 0 Å². The van der Waals surface area contributed by atoms with E-state index in [0.29, 0.717) is 18.4 Å². The van der Waals surface area contributed by atoms with Crippen LogP contribution < -0.4 is 11.1 Å². The fraction of sp³-hybridized carbons (Fsp3) is 0.692. The van der Waals surface area contributed by atoms with Crippen LogP contribution in [0, 0.1) is 0 Å². The summed E-state index contributed by atoms with van der Waals surface area (Å²) >= 11 is 0. The molecule has 19 heavy (non-hydrogen) atoms. The van der Waals surface area contributed by atoms with E-state index in [-0.39, 0.29) is 11.9 Å². The predicted octanol–water partition coefficient (Wildman–Crippen LogP) is 0.627. The van der Waals surface area contributed by atoms with Gasteiger partial charge in [0.1, 0.15) is 5.82 Å². The van der Waals surface area contributed by atoms with E-state index in [1.165, 1.54) is 0 Å². The fourth-order valence-corrected chi connectivity index (χ4v) is 2.58. The average Bonchev–Trinajstić information content (AvgIpc) is 2.85. The number of likely N-dealkylation sites (N-methyl/N-ethyl adjacent to an activating group) is 1. The summed E-state index contributed by atoms with van der Waals surface area (Å²) in [5.74, 6) is 0.683. The predicted molar refractivity (Wildman–Crippen MR) is 74.6 cm³/mol. The van der Waals surface area contributed by atoms with Crippen molar-refractivity contribution < 1.29 is 4.79 Å². The van der Waals surface area contributed by atoms with Crippen molar-refractivity contribution in [1.82, 2.24) is 20.0 Å². The summed E-state index contributed by atoms with van der Waals surface area (Å²) in [5, 5.41) is 7.14. The first-order valence-corrected chi connectivity index (χ1v) is 6.94. The second-order valence-corrected chi connectivity index (χ2v) is 5.06. The quantitative estimate of drug-likeness (QED) is 0.837. The molecule has 6 nitrogen and oxygen atoms in total. The maximum Gasteiger partial charge on any atom is 0.237 e. The van der Waals surface area contributed by atoms with Crippen LogP contribution in [0.5, 0.6) is 0 Å². The highest BCUT2D eigenvalue weighted by Gasteiger charge is 2.27. The van der Waals surface area contributed by atoms with Crippen LogP contribution in [0.15, 0.2) is 12.3 Å². The third-order valence-corrected chi connectivity index (χ3v) is 3.78. The molecule has 1 aromatic heterocycles. The molecule has 1 unspecified atom stereocenters. The Kier molecular flexibility index (Phi) is 4.42. The summed E-state index contributed by atoms with van der Waals surface area (Å²) in [4.78, 5) is 14.0. The van der Waals surface area contributed by atoms with Crippen LogP contribution in [0.4, 0.5) is 5.82 Å². The first-order valence-electron chi connectivity index (χ1n) is 6.94. The molecular weight excluding hydrogens is 242 g/mol. The molecule has 1 aliphatic rings. The Balaban J connectivity index is 1.87. The van der Waals surface area contributed by atoms with Gasteiger partial charge in [0.15, 0.2) is 0 Å². The fourth-order valence-electron chi connectivity index (χ4n) is 2.58. The standard InChI is InChI=1S/C13H23N5O/c1-3-15-13(19)10(2)17-7-4-11(5-8-17)18-9-6-12(14)16-18/h6,9-11H,3-5,7-8H2,1-2H3,(H2,14,16)(H,15,19). The number of piperidine rings is 1. The lowest BCUT2D eigenvalue weighted by atomic mass is 10.0. The molecule has 1 aromatic rings. The maximum absolute atomic E-state index is 11.8. The van der Waals surface area contributed by atoms with E-state index in [1.807, 2.05) is 30.8 Å².